The van der Waals surface area contributed by atoms with Gasteiger partial charge in [-0.3, -0.25) is 9.59 Å². The van der Waals surface area contributed by atoms with Crippen LogP contribution in [0.15, 0.2) is 52.7 Å². The van der Waals surface area contributed by atoms with Gasteiger partial charge >= 0.3 is 17.9 Å². The summed E-state index contributed by atoms with van der Waals surface area (Å²) in [6.07, 6.45) is 9.49. The van der Waals surface area contributed by atoms with Crippen LogP contribution in [0.3, 0.4) is 0 Å². The number of anilines is 1. The lowest BCUT2D eigenvalue weighted by Crippen LogP contribution is -2.27. The molecule has 0 saturated carbocycles. The fourth-order valence-corrected chi connectivity index (χ4v) is 7.36. The highest BCUT2D eigenvalue weighted by Crippen LogP contribution is 2.42. The zero-order chi connectivity index (χ0) is 41.3. The first-order chi connectivity index (χ1) is 27.7. The van der Waals surface area contributed by atoms with Crippen LogP contribution in [0.2, 0.25) is 0 Å². The maximum Gasteiger partial charge on any atom is 0.348 e. The first kappa shape index (κ1) is 46.8. The molecule has 0 fully saturated rings. The normalized spacial score (nSPS) is 11.9. The van der Waals surface area contributed by atoms with Crippen LogP contribution in [-0.4, -0.2) is 93.9 Å². The Balaban J connectivity index is 1.38. The SMILES string of the molecule is CCCCCC/C=C/CC(CC(=O)OCCOCCOCCOCCN(CC)c1nc(-c2ccccc2)c(/N=N/c2sc(C(=O)OCC)c(C)c2C#N)s1)C(=O)O. The minimum atomic E-state index is -1.01. The molecular formula is C41H55N5O9S2. The lowest BCUT2D eigenvalue weighted by atomic mass is 10.0. The number of aliphatic carboxylic acids is 1. The van der Waals surface area contributed by atoms with Gasteiger partial charge in [0.2, 0.25) is 0 Å². The highest BCUT2D eigenvalue weighted by atomic mass is 32.1. The summed E-state index contributed by atoms with van der Waals surface area (Å²) in [7, 11) is 0. The number of esters is 2. The van der Waals surface area contributed by atoms with Crippen molar-refractivity contribution < 1.29 is 43.2 Å². The predicted molar refractivity (Wildman–Crippen MR) is 221 cm³/mol. The number of carbonyl (C=O) groups is 3. The molecule has 0 aliphatic carbocycles. The second kappa shape index (κ2) is 27.2. The summed E-state index contributed by atoms with van der Waals surface area (Å²) in [5.74, 6) is -2.86. The summed E-state index contributed by atoms with van der Waals surface area (Å²) in [6, 6.07) is 11.8. The number of unbranched alkanes of at least 4 members (excludes halogenated alkanes) is 4. The Hall–Kier alpha value is -4.53. The standard InChI is InChI=1S/C41H55N5O9S2/c1-5-8-9-10-11-12-14-19-32(39(48)49)28-34(47)55-27-26-53-25-24-52-23-22-51-21-20-46(6-2)41-43-35(31-17-15-13-16-18-31)38(57-41)45-44-37-33(29-42)30(4)36(56-37)40(50)54-7-3/h12-18,32H,5-11,19-28H2,1-4H3,(H,48,49)/b14-12+,45-44+. The predicted octanol–water partition coefficient (Wildman–Crippen LogP) is 9.07. The Labute approximate surface area is 343 Å². The average molecular weight is 826 g/mol. The molecule has 1 atom stereocenters. The van der Waals surface area contributed by atoms with Gasteiger partial charge in [-0.25, -0.2) is 9.78 Å². The molecule has 16 heteroatoms. The number of aromatic nitrogens is 1. The number of thiazole rings is 1. The van der Waals surface area contributed by atoms with Gasteiger partial charge in [-0.1, -0.05) is 80.0 Å². The van der Waals surface area contributed by atoms with Crippen LogP contribution in [-0.2, 0) is 33.3 Å². The zero-order valence-corrected chi connectivity index (χ0v) is 35.0. The molecule has 57 heavy (non-hydrogen) atoms. The summed E-state index contributed by atoms with van der Waals surface area (Å²) >= 11 is 2.45. The van der Waals surface area contributed by atoms with E-state index in [1.165, 1.54) is 24.2 Å². The number of allylic oxidation sites excluding steroid dienone is 2. The summed E-state index contributed by atoms with van der Waals surface area (Å²) in [6.45, 7) is 11.2. The Morgan fingerprint density at radius 3 is 2.23 bits per heavy atom. The topological polar surface area (TPSA) is 182 Å². The molecule has 0 amide bonds. The van der Waals surface area contributed by atoms with E-state index in [4.69, 9.17) is 28.7 Å². The fourth-order valence-electron chi connectivity index (χ4n) is 5.39. The van der Waals surface area contributed by atoms with Gasteiger partial charge in [0, 0.05) is 18.7 Å². The number of carbonyl (C=O) groups excluding carboxylic acids is 2. The van der Waals surface area contributed by atoms with Crippen molar-refractivity contribution in [2.45, 2.75) is 72.6 Å². The lowest BCUT2D eigenvalue weighted by Gasteiger charge is -2.19. The van der Waals surface area contributed by atoms with Gasteiger partial charge < -0.3 is 33.7 Å². The Kier molecular flexibility index (Phi) is 22.3. The van der Waals surface area contributed by atoms with Crippen molar-refractivity contribution in [2.24, 2.45) is 16.1 Å². The number of benzene rings is 1. The zero-order valence-electron chi connectivity index (χ0n) is 33.4. The monoisotopic (exact) mass is 825 g/mol. The van der Waals surface area contributed by atoms with Crippen molar-refractivity contribution in [3.63, 3.8) is 0 Å². The van der Waals surface area contributed by atoms with Gasteiger partial charge in [0.15, 0.2) is 15.1 Å². The van der Waals surface area contributed by atoms with Crippen LogP contribution >= 0.6 is 22.7 Å². The molecule has 0 aliphatic heterocycles. The molecule has 310 valence electrons. The van der Waals surface area contributed by atoms with E-state index < -0.39 is 23.8 Å². The summed E-state index contributed by atoms with van der Waals surface area (Å²) in [4.78, 5) is 43.5. The van der Waals surface area contributed by atoms with E-state index in [2.05, 4.69) is 28.1 Å². The molecule has 3 rings (SSSR count). The molecule has 2 aromatic heterocycles. The molecule has 0 spiro atoms. The number of ether oxygens (including phenoxy) is 5. The van der Waals surface area contributed by atoms with Crippen LogP contribution < -0.4 is 4.90 Å². The van der Waals surface area contributed by atoms with Crippen LogP contribution in [0.25, 0.3) is 11.3 Å². The third kappa shape index (κ3) is 16.5. The summed E-state index contributed by atoms with van der Waals surface area (Å²) in [5, 5.41) is 29.8. The number of hydrogen-bond acceptors (Lipinski definition) is 15. The van der Waals surface area contributed by atoms with Crippen LogP contribution in [0, 0.1) is 24.2 Å². The maximum atomic E-state index is 12.4. The lowest BCUT2D eigenvalue weighted by molar-refractivity contribution is -0.152. The van der Waals surface area contributed by atoms with Gasteiger partial charge in [-0.2, -0.15) is 5.26 Å². The van der Waals surface area contributed by atoms with Gasteiger partial charge in [-0.15, -0.1) is 21.6 Å². The van der Waals surface area contributed by atoms with Crippen molar-refractivity contribution in [2.75, 3.05) is 70.8 Å². The highest BCUT2D eigenvalue weighted by Gasteiger charge is 2.23. The van der Waals surface area contributed by atoms with Crippen molar-refractivity contribution in [3.8, 4) is 17.3 Å². The average Bonchev–Trinajstić information content (AvgIpc) is 3.78. The summed E-state index contributed by atoms with van der Waals surface area (Å²) in [5.41, 5.74) is 2.33. The van der Waals surface area contributed by atoms with Crippen LogP contribution in [0.1, 0.15) is 86.5 Å². The molecule has 0 radical (unpaired) electrons. The molecule has 1 N–H and O–H groups in total. The van der Waals surface area contributed by atoms with Crippen LogP contribution in [0.5, 0.6) is 0 Å². The van der Waals surface area contributed by atoms with Crippen LogP contribution in [0.4, 0.5) is 15.1 Å². The Morgan fingerprint density at radius 2 is 1.58 bits per heavy atom. The quantitative estimate of drug-likeness (QED) is 0.0304. The molecule has 0 saturated heterocycles. The molecule has 2 heterocycles. The number of carboxylic acids is 1. The molecule has 1 aromatic carbocycles. The Bertz CT molecular complexity index is 1770. The Morgan fingerprint density at radius 1 is 0.895 bits per heavy atom. The largest absolute Gasteiger partial charge is 0.481 e. The number of nitriles is 1. The third-order valence-corrected chi connectivity index (χ3v) is 10.7. The maximum absolute atomic E-state index is 12.4. The number of nitrogens with zero attached hydrogens (tertiary/aromatic N) is 5. The summed E-state index contributed by atoms with van der Waals surface area (Å²) < 4.78 is 27.2. The first-order valence-corrected chi connectivity index (χ1v) is 21.1. The number of carboxylic acid groups (broad SMARTS) is 1. The highest BCUT2D eigenvalue weighted by molar-refractivity contribution is 7.20. The second-order valence-corrected chi connectivity index (χ2v) is 14.7. The van der Waals surface area contributed by atoms with E-state index in [-0.39, 0.29) is 31.8 Å². The smallest absolute Gasteiger partial charge is 0.348 e. The number of hydrogen-bond donors (Lipinski definition) is 1. The molecule has 0 aliphatic rings. The van der Waals surface area contributed by atoms with Gasteiger partial charge in [0.05, 0.1) is 64.2 Å². The van der Waals surface area contributed by atoms with E-state index in [9.17, 15) is 24.8 Å². The van der Waals surface area contributed by atoms with Gasteiger partial charge in [0.25, 0.3) is 0 Å². The van der Waals surface area contributed by atoms with Crippen molar-refractivity contribution in [1.82, 2.24) is 4.98 Å². The molecule has 3 aromatic rings. The number of thiophene rings is 1. The minimum absolute atomic E-state index is 0.0419. The minimum Gasteiger partial charge on any atom is -0.481 e. The number of azo groups is 1. The van der Waals surface area contributed by atoms with E-state index in [0.717, 1.165) is 41.3 Å². The van der Waals surface area contributed by atoms with Crippen molar-refractivity contribution >= 4 is 55.7 Å². The van der Waals surface area contributed by atoms with Gasteiger partial charge in [0.1, 0.15) is 23.2 Å². The van der Waals surface area contributed by atoms with Crippen molar-refractivity contribution in [1.29, 1.82) is 5.26 Å². The molecule has 14 nitrogen and oxygen atoms in total. The van der Waals surface area contributed by atoms with E-state index in [1.54, 1.807) is 13.8 Å². The molecule has 0 bridgehead atoms. The van der Waals surface area contributed by atoms with Crippen molar-refractivity contribution in [3.05, 3.63) is 58.5 Å². The van der Waals surface area contributed by atoms with E-state index in [1.807, 2.05) is 49.4 Å². The van der Waals surface area contributed by atoms with Gasteiger partial charge in [-0.05, 0) is 45.6 Å². The second-order valence-electron chi connectivity index (χ2n) is 12.7. The number of rotatable bonds is 29. The van der Waals surface area contributed by atoms with E-state index >= 15 is 0 Å². The molecule has 1 unspecified atom stereocenters. The molecular weight excluding hydrogens is 771 g/mol. The third-order valence-electron chi connectivity index (χ3n) is 8.54. The first-order valence-electron chi connectivity index (χ1n) is 19.4. The number of likely N-dealkylation sites (N-methyl/N-ethyl adjacent to an activating group) is 1. The fraction of sp³-hybridized carbons (Fsp3) is 0.537. The van der Waals surface area contributed by atoms with E-state index in [0.29, 0.717) is 78.7 Å².